The van der Waals surface area contributed by atoms with E-state index in [0.717, 1.165) is 28.8 Å². The first-order chi connectivity index (χ1) is 13.7. The fraction of sp³-hybridized carbons (Fsp3) is 0.273. The summed E-state index contributed by atoms with van der Waals surface area (Å²) in [4.78, 5) is 17.3. The van der Waals surface area contributed by atoms with Gasteiger partial charge in [0.2, 0.25) is 0 Å². The first-order valence-electron chi connectivity index (χ1n) is 9.36. The third kappa shape index (κ3) is 4.47. The summed E-state index contributed by atoms with van der Waals surface area (Å²) in [6.45, 7) is 2.61. The summed E-state index contributed by atoms with van der Waals surface area (Å²) >= 11 is 0. The number of morpholine rings is 1. The number of fused-ring (bicyclic) bond motifs is 1. The summed E-state index contributed by atoms with van der Waals surface area (Å²) in [5, 5.41) is 9.90. The van der Waals surface area contributed by atoms with Crippen LogP contribution < -0.4 is 4.74 Å². The maximum absolute atomic E-state index is 10.8. The van der Waals surface area contributed by atoms with Crippen molar-refractivity contribution in [2.45, 2.75) is 12.5 Å². The van der Waals surface area contributed by atoms with Crippen molar-refractivity contribution in [2.75, 3.05) is 26.2 Å². The van der Waals surface area contributed by atoms with Gasteiger partial charge in [-0.2, -0.15) is 0 Å². The highest BCUT2D eigenvalue weighted by Crippen LogP contribution is 2.27. The Labute approximate surface area is 163 Å². The van der Waals surface area contributed by atoms with Crippen molar-refractivity contribution in [3.8, 4) is 11.5 Å². The molecule has 1 aliphatic heterocycles. The van der Waals surface area contributed by atoms with E-state index in [4.69, 9.17) is 14.6 Å². The Bertz CT molecular complexity index is 958. The zero-order valence-electron chi connectivity index (χ0n) is 15.5. The van der Waals surface area contributed by atoms with Gasteiger partial charge >= 0.3 is 5.97 Å². The number of aliphatic carboxylic acids is 1. The number of hydrogen-bond donors (Lipinski definition) is 1. The largest absolute Gasteiger partial charge is 0.481 e. The van der Waals surface area contributed by atoms with Crippen molar-refractivity contribution >= 4 is 16.9 Å². The number of nitrogens with zero attached hydrogens (tertiary/aromatic N) is 2. The molecule has 2 aromatic carbocycles. The van der Waals surface area contributed by atoms with Crippen molar-refractivity contribution in [1.82, 2.24) is 9.88 Å². The number of benzene rings is 2. The number of rotatable bonds is 6. The molecular weight excluding hydrogens is 356 g/mol. The Morgan fingerprint density at radius 1 is 1.18 bits per heavy atom. The van der Waals surface area contributed by atoms with Crippen molar-refractivity contribution in [1.29, 1.82) is 0 Å². The first-order valence-corrected chi connectivity index (χ1v) is 9.36. The molecule has 1 saturated heterocycles. The number of para-hydroxylation sites is 1. The van der Waals surface area contributed by atoms with Crippen LogP contribution in [0.25, 0.3) is 10.9 Å². The second kappa shape index (κ2) is 8.37. The lowest BCUT2D eigenvalue weighted by Crippen LogP contribution is -2.39. The van der Waals surface area contributed by atoms with Crippen LogP contribution in [0, 0.1) is 0 Å². The third-order valence-electron chi connectivity index (χ3n) is 4.85. The Morgan fingerprint density at radius 3 is 2.82 bits per heavy atom. The van der Waals surface area contributed by atoms with E-state index in [9.17, 15) is 4.79 Å². The van der Waals surface area contributed by atoms with Gasteiger partial charge in [0.1, 0.15) is 11.5 Å². The SMILES string of the molecule is O=C(O)CCN1CCOC(c2ccc(Oc3cnc4ccccc4c3)cc2)C1. The maximum Gasteiger partial charge on any atom is 0.304 e. The zero-order chi connectivity index (χ0) is 19.3. The Hall–Kier alpha value is -2.96. The first kappa shape index (κ1) is 18.4. The van der Waals surface area contributed by atoms with Crippen LogP contribution in [-0.4, -0.2) is 47.2 Å². The van der Waals surface area contributed by atoms with Crippen LogP contribution in [0.4, 0.5) is 0 Å². The molecule has 6 heteroatoms. The average Bonchev–Trinajstić information content (AvgIpc) is 2.73. The van der Waals surface area contributed by atoms with Gasteiger partial charge in [-0.1, -0.05) is 30.3 Å². The Kier molecular flexibility index (Phi) is 5.50. The highest BCUT2D eigenvalue weighted by Gasteiger charge is 2.22. The summed E-state index contributed by atoms with van der Waals surface area (Å²) in [6.07, 6.45) is 1.82. The van der Waals surface area contributed by atoms with Gasteiger partial charge in [0, 0.05) is 25.0 Å². The van der Waals surface area contributed by atoms with E-state index in [2.05, 4.69) is 9.88 Å². The average molecular weight is 378 g/mol. The van der Waals surface area contributed by atoms with E-state index >= 15 is 0 Å². The molecule has 1 aromatic heterocycles. The number of hydrogen-bond acceptors (Lipinski definition) is 5. The number of carbonyl (C=O) groups is 1. The molecule has 6 nitrogen and oxygen atoms in total. The van der Waals surface area contributed by atoms with Gasteiger partial charge in [0.15, 0.2) is 0 Å². The van der Waals surface area contributed by atoms with E-state index in [-0.39, 0.29) is 12.5 Å². The molecule has 0 spiro atoms. The van der Waals surface area contributed by atoms with E-state index in [1.807, 2.05) is 54.6 Å². The highest BCUT2D eigenvalue weighted by molar-refractivity contribution is 5.79. The summed E-state index contributed by atoms with van der Waals surface area (Å²) in [7, 11) is 0. The van der Waals surface area contributed by atoms with Crippen molar-refractivity contribution in [3.63, 3.8) is 0 Å². The number of ether oxygens (including phenoxy) is 2. The lowest BCUT2D eigenvalue weighted by atomic mass is 10.1. The van der Waals surface area contributed by atoms with Gasteiger partial charge < -0.3 is 14.6 Å². The molecule has 144 valence electrons. The van der Waals surface area contributed by atoms with Crippen LogP contribution in [0.5, 0.6) is 11.5 Å². The van der Waals surface area contributed by atoms with E-state index < -0.39 is 5.97 Å². The van der Waals surface area contributed by atoms with Crippen molar-refractivity contribution < 1.29 is 19.4 Å². The number of pyridine rings is 1. The standard InChI is InChI=1S/C22H22N2O4/c25-22(26)9-10-24-11-12-27-21(15-24)16-5-7-18(8-6-16)28-19-13-17-3-1-2-4-20(17)23-14-19/h1-8,13-14,21H,9-12,15H2,(H,25,26). The van der Waals surface area contributed by atoms with E-state index in [1.165, 1.54) is 0 Å². The lowest BCUT2D eigenvalue weighted by Gasteiger charge is -2.32. The Morgan fingerprint density at radius 2 is 2.00 bits per heavy atom. The molecule has 1 unspecified atom stereocenters. The van der Waals surface area contributed by atoms with Crippen LogP contribution >= 0.6 is 0 Å². The molecule has 0 amide bonds. The monoisotopic (exact) mass is 378 g/mol. The number of carboxylic acids is 1. The van der Waals surface area contributed by atoms with E-state index in [1.54, 1.807) is 6.20 Å². The Balaban J connectivity index is 1.40. The minimum Gasteiger partial charge on any atom is -0.481 e. The van der Waals surface area contributed by atoms with Crippen molar-refractivity contribution in [3.05, 3.63) is 66.4 Å². The molecule has 0 radical (unpaired) electrons. The van der Waals surface area contributed by atoms with Crippen LogP contribution in [0.15, 0.2) is 60.8 Å². The summed E-state index contributed by atoms with van der Waals surface area (Å²) in [5.74, 6) is 0.660. The predicted octanol–water partition coefficient (Wildman–Crippen LogP) is 3.88. The van der Waals surface area contributed by atoms with Gasteiger partial charge in [0.25, 0.3) is 0 Å². The van der Waals surface area contributed by atoms with Crippen LogP contribution in [0.1, 0.15) is 18.1 Å². The molecule has 1 atom stereocenters. The molecule has 28 heavy (non-hydrogen) atoms. The molecule has 1 aliphatic rings. The molecule has 0 saturated carbocycles. The molecule has 4 rings (SSSR count). The summed E-state index contributed by atoms with van der Waals surface area (Å²) < 4.78 is 11.8. The molecule has 0 bridgehead atoms. The highest BCUT2D eigenvalue weighted by atomic mass is 16.5. The molecule has 2 heterocycles. The van der Waals surface area contributed by atoms with E-state index in [0.29, 0.717) is 25.4 Å². The van der Waals surface area contributed by atoms with Gasteiger partial charge in [-0.25, -0.2) is 0 Å². The van der Waals surface area contributed by atoms with Crippen LogP contribution in [-0.2, 0) is 9.53 Å². The fourth-order valence-corrected chi connectivity index (χ4v) is 3.35. The third-order valence-corrected chi connectivity index (χ3v) is 4.85. The minimum absolute atomic E-state index is 0.0565. The zero-order valence-corrected chi connectivity index (χ0v) is 15.5. The van der Waals surface area contributed by atoms with Crippen LogP contribution in [0.2, 0.25) is 0 Å². The molecular formula is C22H22N2O4. The minimum atomic E-state index is -0.771. The van der Waals surface area contributed by atoms with Gasteiger partial charge in [0.05, 0.1) is 30.8 Å². The van der Waals surface area contributed by atoms with Crippen LogP contribution in [0.3, 0.4) is 0 Å². The maximum atomic E-state index is 10.8. The second-order valence-electron chi connectivity index (χ2n) is 6.84. The summed E-state index contributed by atoms with van der Waals surface area (Å²) in [5.41, 5.74) is 2.00. The summed E-state index contributed by atoms with van der Waals surface area (Å²) in [6, 6.07) is 17.7. The molecule has 3 aromatic rings. The normalized spacial score (nSPS) is 17.5. The fourth-order valence-electron chi connectivity index (χ4n) is 3.35. The molecule has 1 N–H and O–H groups in total. The number of aromatic nitrogens is 1. The number of carboxylic acid groups (broad SMARTS) is 1. The quantitative estimate of drug-likeness (QED) is 0.702. The van der Waals surface area contributed by atoms with Crippen molar-refractivity contribution in [2.24, 2.45) is 0 Å². The van der Waals surface area contributed by atoms with Gasteiger partial charge in [-0.05, 0) is 29.8 Å². The predicted molar refractivity (Wildman–Crippen MR) is 106 cm³/mol. The molecule has 1 fully saturated rings. The smallest absolute Gasteiger partial charge is 0.304 e. The molecule has 0 aliphatic carbocycles. The van der Waals surface area contributed by atoms with Gasteiger partial charge in [-0.3, -0.25) is 14.7 Å². The topological polar surface area (TPSA) is 71.9 Å². The second-order valence-corrected chi connectivity index (χ2v) is 6.84. The lowest BCUT2D eigenvalue weighted by molar-refractivity contribution is -0.137. The van der Waals surface area contributed by atoms with Gasteiger partial charge in [-0.15, -0.1) is 0 Å².